The molecule has 0 saturated heterocycles. The summed E-state index contributed by atoms with van der Waals surface area (Å²) in [5, 5.41) is 6.19. The maximum absolute atomic E-state index is 12.8. The number of pyridine rings is 1. The highest BCUT2D eigenvalue weighted by molar-refractivity contribution is 6.05. The third-order valence-corrected chi connectivity index (χ3v) is 4.52. The molecule has 29 heavy (non-hydrogen) atoms. The Labute approximate surface area is 170 Å². The number of rotatable bonds is 7. The van der Waals surface area contributed by atoms with Crippen molar-refractivity contribution in [2.45, 2.75) is 19.8 Å². The quantitative estimate of drug-likeness (QED) is 0.578. The standard InChI is InChI=1S/C23H25N3O3/c1-15(2)18-7-5-6-8-19(18)26-23(27)16-11-12-24-22(13-16)25-20-14-17(28-3)9-10-21(20)29-4/h5-15H,1-4H3,(H,24,25)(H,26,27). The molecule has 1 amide bonds. The van der Waals surface area contributed by atoms with Gasteiger partial charge in [0.2, 0.25) is 0 Å². The molecular weight excluding hydrogens is 366 g/mol. The Morgan fingerprint density at radius 3 is 2.48 bits per heavy atom. The molecule has 0 saturated carbocycles. The number of nitrogens with one attached hydrogen (secondary N) is 2. The van der Waals surface area contributed by atoms with Crippen LogP contribution in [0, 0.1) is 0 Å². The number of ether oxygens (including phenoxy) is 2. The number of hydrogen-bond donors (Lipinski definition) is 2. The molecule has 0 bridgehead atoms. The van der Waals surface area contributed by atoms with Crippen LogP contribution in [0.3, 0.4) is 0 Å². The van der Waals surface area contributed by atoms with Crippen LogP contribution in [0.4, 0.5) is 17.2 Å². The molecule has 0 aliphatic heterocycles. The van der Waals surface area contributed by atoms with E-state index in [1.54, 1.807) is 38.6 Å². The molecular formula is C23H25N3O3. The molecule has 0 spiro atoms. The summed E-state index contributed by atoms with van der Waals surface area (Å²) < 4.78 is 10.7. The normalized spacial score (nSPS) is 10.5. The molecule has 0 radical (unpaired) electrons. The van der Waals surface area contributed by atoms with E-state index in [4.69, 9.17) is 9.47 Å². The van der Waals surface area contributed by atoms with Crippen LogP contribution in [0.2, 0.25) is 0 Å². The molecule has 3 aromatic rings. The van der Waals surface area contributed by atoms with E-state index >= 15 is 0 Å². The average molecular weight is 391 g/mol. The van der Waals surface area contributed by atoms with Crippen LogP contribution in [0.1, 0.15) is 35.7 Å². The van der Waals surface area contributed by atoms with Gasteiger partial charge in [-0.25, -0.2) is 4.98 Å². The van der Waals surface area contributed by atoms with Gasteiger partial charge >= 0.3 is 0 Å². The van der Waals surface area contributed by atoms with E-state index in [1.807, 2.05) is 36.4 Å². The Bertz CT molecular complexity index is 1000. The molecule has 2 N–H and O–H groups in total. The zero-order valence-electron chi connectivity index (χ0n) is 17.0. The smallest absolute Gasteiger partial charge is 0.255 e. The van der Waals surface area contributed by atoms with E-state index in [9.17, 15) is 4.79 Å². The molecule has 0 atom stereocenters. The van der Waals surface area contributed by atoms with Crippen LogP contribution in [0.25, 0.3) is 0 Å². The molecule has 1 aromatic heterocycles. The topological polar surface area (TPSA) is 72.5 Å². The van der Waals surface area contributed by atoms with Crippen LogP contribution in [0.5, 0.6) is 11.5 Å². The van der Waals surface area contributed by atoms with Gasteiger partial charge in [0.15, 0.2) is 0 Å². The summed E-state index contributed by atoms with van der Waals surface area (Å²) in [6.07, 6.45) is 1.60. The van der Waals surface area contributed by atoms with Gasteiger partial charge in [0, 0.05) is 23.5 Å². The van der Waals surface area contributed by atoms with Crippen molar-refractivity contribution in [3.63, 3.8) is 0 Å². The van der Waals surface area contributed by atoms with Crippen molar-refractivity contribution in [1.82, 2.24) is 4.98 Å². The number of anilines is 3. The van der Waals surface area contributed by atoms with Crippen molar-refractivity contribution in [2.24, 2.45) is 0 Å². The second kappa shape index (κ2) is 9.10. The Kier molecular flexibility index (Phi) is 6.34. The SMILES string of the molecule is COc1ccc(OC)c(Nc2cc(C(=O)Nc3ccccc3C(C)C)ccn2)c1. The fourth-order valence-corrected chi connectivity index (χ4v) is 3.00. The largest absolute Gasteiger partial charge is 0.497 e. The van der Waals surface area contributed by atoms with E-state index in [0.717, 1.165) is 11.3 Å². The molecule has 6 heteroatoms. The van der Waals surface area contributed by atoms with Gasteiger partial charge in [-0.1, -0.05) is 32.0 Å². The molecule has 6 nitrogen and oxygen atoms in total. The van der Waals surface area contributed by atoms with E-state index in [1.165, 1.54) is 0 Å². The summed E-state index contributed by atoms with van der Waals surface area (Å²) in [5.41, 5.74) is 3.10. The van der Waals surface area contributed by atoms with Gasteiger partial charge in [-0.05, 0) is 41.8 Å². The number of amides is 1. The Morgan fingerprint density at radius 2 is 1.76 bits per heavy atom. The van der Waals surface area contributed by atoms with Gasteiger partial charge in [-0.15, -0.1) is 0 Å². The molecule has 0 aliphatic carbocycles. The van der Waals surface area contributed by atoms with Crippen LogP contribution >= 0.6 is 0 Å². The van der Waals surface area contributed by atoms with Gasteiger partial charge in [0.1, 0.15) is 17.3 Å². The molecule has 2 aromatic carbocycles. The number of aromatic nitrogens is 1. The van der Waals surface area contributed by atoms with Crippen LogP contribution in [-0.2, 0) is 0 Å². The predicted molar refractivity (Wildman–Crippen MR) is 116 cm³/mol. The summed E-state index contributed by atoms with van der Waals surface area (Å²) in [5.74, 6) is 1.98. The molecule has 0 aliphatic rings. The van der Waals surface area contributed by atoms with Gasteiger partial charge in [0.25, 0.3) is 5.91 Å². The second-order valence-corrected chi connectivity index (χ2v) is 6.82. The van der Waals surface area contributed by atoms with Crippen LogP contribution < -0.4 is 20.1 Å². The molecule has 150 valence electrons. The van der Waals surface area contributed by atoms with Crippen molar-refractivity contribution in [3.8, 4) is 11.5 Å². The third-order valence-electron chi connectivity index (χ3n) is 4.52. The Hall–Kier alpha value is -3.54. The highest BCUT2D eigenvalue weighted by Gasteiger charge is 2.13. The number of hydrogen-bond acceptors (Lipinski definition) is 5. The number of methoxy groups -OCH3 is 2. The lowest BCUT2D eigenvalue weighted by molar-refractivity contribution is 0.102. The monoisotopic (exact) mass is 391 g/mol. The maximum Gasteiger partial charge on any atom is 0.255 e. The third kappa shape index (κ3) is 4.85. The predicted octanol–water partition coefficient (Wildman–Crippen LogP) is 5.22. The number of para-hydroxylation sites is 1. The summed E-state index contributed by atoms with van der Waals surface area (Å²) in [4.78, 5) is 17.1. The minimum atomic E-state index is -0.193. The van der Waals surface area contributed by atoms with E-state index < -0.39 is 0 Å². The first kappa shape index (κ1) is 20.2. The first-order chi connectivity index (χ1) is 14.0. The highest BCUT2D eigenvalue weighted by Crippen LogP contribution is 2.31. The highest BCUT2D eigenvalue weighted by atomic mass is 16.5. The average Bonchev–Trinajstić information content (AvgIpc) is 2.74. The lowest BCUT2D eigenvalue weighted by Gasteiger charge is -2.14. The first-order valence-electron chi connectivity index (χ1n) is 9.37. The Morgan fingerprint density at radius 1 is 0.966 bits per heavy atom. The number of nitrogens with zero attached hydrogens (tertiary/aromatic N) is 1. The molecule has 0 fully saturated rings. The summed E-state index contributed by atoms with van der Waals surface area (Å²) >= 11 is 0. The van der Waals surface area contributed by atoms with E-state index in [0.29, 0.717) is 34.5 Å². The number of carbonyl (C=O) groups excluding carboxylic acids is 1. The summed E-state index contributed by atoms with van der Waals surface area (Å²) in [6.45, 7) is 4.20. The lowest BCUT2D eigenvalue weighted by atomic mass is 10.0. The fourth-order valence-electron chi connectivity index (χ4n) is 3.00. The van der Waals surface area contributed by atoms with Crippen LogP contribution in [0.15, 0.2) is 60.8 Å². The van der Waals surface area contributed by atoms with Crippen molar-refractivity contribution in [2.75, 3.05) is 24.9 Å². The lowest BCUT2D eigenvalue weighted by Crippen LogP contribution is -2.14. The Balaban J connectivity index is 1.82. The zero-order chi connectivity index (χ0) is 20.8. The van der Waals surface area contributed by atoms with Gasteiger partial charge in [-0.2, -0.15) is 0 Å². The maximum atomic E-state index is 12.8. The van der Waals surface area contributed by atoms with Gasteiger partial charge in [-0.3, -0.25) is 4.79 Å². The van der Waals surface area contributed by atoms with Crippen LogP contribution in [-0.4, -0.2) is 25.1 Å². The van der Waals surface area contributed by atoms with Gasteiger partial charge in [0.05, 0.1) is 19.9 Å². The van der Waals surface area contributed by atoms with Crippen molar-refractivity contribution >= 4 is 23.1 Å². The second-order valence-electron chi connectivity index (χ2n) is 6.82. The minimum Gasteiger partial charge on any atom is -0.497 e. The summed E-state index contributed by atoms with van der Waals surface area (Å²) in [7, 11) is 3.19. The number of benzene rings is 2. The molecule has 0 unspecified atom stereocenters. The van der Waals surface area contributed by atoms with Gasteiger partial charge < -0.3 is 20.1 Å². The van der Waals surface area contributed by atoms with E-state index in [-0.39, 0.29) is 5.91 Å². The van der Waals surface area contributed by atoms with Crippen molar-refractivity contribution in [3.05, 3.63) is 71.9 Å². The summed E-state index contributed by atoms with van der Waals surface area (Å²) in [6, 6.07) is 16.6. The van der Waals surface area contributed by atoms with E-state index in [2.05, 4.69) is 29.5 Å². The fraction of sp³-hybridized carbons (Fsp3) is 0.217. The minimum absolute atomic E-state index is 0.193. The molecule has 1 heterocycles. The number of carbonyl (C=O) groups is 1. The zero-order valence-corrected chi connectivity index (χ0v) is 17.0. The van der Waals surface area contributed by atoms with Crippen molar-refractivity contribution in [1.29, 1.82) is 0 Å². The molecule has 3 rings (SSSR count). The van der Waals surface area contributed by atoms with Crippen molar-refractivity contribution < 1.29 is 14.3 Å². The first-order valence-corrected chi connectivity index (χ1v) is 9.37.